The van der Waals surface area contributed by atoms with Crippen molar-refractivity contribution in [3.63, 3.8) is 0 Å². The van der Waals surface area contributed by atoms with Gasteiger partial charge in [-0.1, -0.05) is 13.8 Å². The van der Waals surface area contributed by atoms with E-state index in [1.54, 1.807) is 0 Å². The summed E-state index contributed by atoms with van der Waals surface area (Å²) < 4.78 is 11.0. The second-order valence-corrected chi connectivity index (χ2v) is 8.03. The lowest BCUT2D eigenvalue weighted by atomic mass is 9.90. The molecule has 1 amide bonds. The van der Waals surface area contributed by atoms with Crippen LogP contribution in [0.1, 0.15) is 60.8 Å². The molecule has 1 aliphatic heterocycles. The largest absolute Gasteiger partial charge is 0.444 e. The number of carbonyl (C=O) groups excluding carboxylic acids is 1. The summed E-state index contributed by atoms with van der Waals surface area (Å²) in [7, 11) is 0. The van der Waals surface area contributed by atoms with Crippen LogP contribution >= 0.6 is 0 Å². The molecule has 5 heteroatoms. The molecule has 2 atom stereocenters. The van der Waals surface area contributed by atoms with Crippen molar-refractivity contribution >= 4 is 6.09 Å². The first-order chi connectivity index (χ1) is 10.1. The molecule has 1 rings (SSSR count). The van der Waals surface area contributed by atoms with Gasteiger partial charge >= 0.3 is 6.09 Å². The van der Waals surface area contributed by atoms with Crippen LogP contribution in [0.25, 0.3) is 0 Å². The number of hydrogen-bond donors (Lipinski definition) is 2. The van der Waals surface area contributed by atoms with E-state index in [0.29, 0.717) is 18.6 Å². The molecular formula is C17H34N2O3. The molecule has 1 saturated heterocycles. The number of alkyl carbamates (subject to hydrolysis) is 1. The molecule has 1 fully saturated rings. The van der Waals surface area contributed by atoms with Gasteiger partial charge in [-0.3, -0.25) is 0 Å². The number of hydrogen-bond acceptors (Lipinski definition) is 4. The van der Waals surface area contributed by atoms with E-state index in [9.17, 15) is 4.79 Å². The van der Waals surface area contributed by atoms with E-state index >= 15 is 0 Å². The fraction of sp³-hybridized carbons (Fsp3) is 0.941. The Morgan fingerprint density at radius 2 is 2.00 bits per heavy atom. The van der Waals surface area contributed by atoms with E-state index in [1.165, 1.54) is 0 Å². The van der Waals surface area contributed by atoms with Gasteiger partial charge in [0.2, 0.25) is 0 Å². The van der Waals surface area contributed by atoms with Gasteiger partial charge in [0, 0.05) is 25.2 Å². The van der Waals surface area contributed by atoms with Gasteiger partial charge < -0.3 is 20.1 Å². The summed E-state index contributed by atoms with van der Waals surface area (Å²) in [6, 6.07) is 0. The Kier molecular flexibility index (Phi) is 7.13. The molecule has 0 aliphatic carbocycles. The molecule has 22 heavy (non-hydrogen) atoms. The molecule has 0 aromatic rings. The third kappa shape index (κ3) is 7.99. The first kappa shape index (κ1) is 19.2. The summed E-state index contributed by atoms with van der Waals surface area (Å²) >= 11 is 0. The average molecular weight is 314 g/mol. The quantitative estimate of drug-likeness (QED) is 0.758. The predicted molar refractivity (Wildman–Crippen MR) is 89.1 cm³/mol. The Morgan fingerprint density at radius 1 is 1.32 bits per heavy atom. The van der Waals surface area contributed by atoms with Crippen molar-refractivity contribution in [3.8, 4) is 0 Å². The molecule has 2 unspecified atom stereocenters. The van der Waals surface area contributed by atoms with Crippen LogP contribution in [0.3, 0.4) is 0 Å². The van der Waals surface area contributed by atoms with Crippen LogP contribution in [0.4, 0.5) is 4.79 Å². The van der Waals surface area contributed by atoms with Crippen molar-refractivity contribution in [2.45, 2.75) is 78.0 Å². The Balaban J connectivity index is 2.48. The minimum Gasteiger partial charge on any atom is -0.444 e. The first-order valence-corrected chi connectivity index (χ1v) is 8.43. The summed E-state index contributed by atoms with van der Waals surface area (Å²) in [5.74, 6) is 0.544. The van der Waals surface area contributed by atoms with Crippen molar-refractivity contribution in [2.24, 2.45) is 5.92 Å². The number of nitrogens with one attached hydrogen (secondary N) is 2. The van der Waals surface area contributed by atoms with Crippen molar-refractivity contribution in [3.05, 3.63) is 0 Å². The lowest BCUT2D eigenvalue weighted by Crippen LogP contribution is -2.54. The highest BCUT2D eigenvalue weighted by Gasteiger charge is 2.28. The maximum atomic E-state index is 11.9. The van der Waals surface area contributed by atoms with Crippen LogP contribution in [0.2, 0.25) is 0 Å². The van der Waals surface area contributed by atoms with E-state index in [-0.39, 0.29) is 11.6 Å². The Bertz CT molecular complexity index is 346. The van der Waals surface area contributed by atoms with E-state index in [2.05, 4.69) is 31.4 Å². The summed E-state index contributed by atoms with van der Waals surface area (Å²) in [6.07, 6.45) is 3.18. The molecule has 1 aliphatic rings. The second kappa shape index (κ2) is 8.16. The van der Waals surface area contributed by atoms with Crippen LogP contribution < -0.4 is 10.6 Å². The lowest BCUT2D eigenvalue weighted by Gasteiger charge is -2.34. The maximum Gasteiger partial charge on any atom is 0.407 e. The maximum absolute atomic E-state index is 11.9. The fourth-order valence-corrected chi connectivity index (χ4v) is 2.85. The number of carbonyl (C=O) groups is 1. The molecule has 130 valence electrons. The van der Waals surface area contributed by atoms with Crippen molar-refractivity contribution in [1.82, 2.24) is 10.6 Å². The van der Waals surface area contributed by atoms with Gasteiger partial charge in [0.1, 0.15) is 5.60 Å². The molecule has 0 aromatic carbocycles. The van der Waals surface area contributed by atoms with Gasteiger partial charge in [0.25, 0.3) is 0 Å². The van der Waals surface area contributed by atoms with Crippen LogP contribution in [0.5, 0.6) is 0 Å². The van der Waals surface area contributed by atoms with Crippen LogP contribution in [-0.4, -0.2) is 43.0 Å². The van der Waals surface area contributed by atoms with Gasteiger partial charge in [-0.25, -0.2) is 4.79 Å². The lowest BCUT2D eigenvalue weighted by molar-refractivity contribution is 0.0501. The second-order valence-electron chi connectivity index (χ2n) is 8.03. The van der Waals surface area contributed by atoms with E-state index in [1.807, 2.05) is 20.8 Å². The Morgan fingerprint density at radius 3 is 2.50 bits per heavy atom. The zero-order valence-corrected chi connectivity index (χ0v) is 15.1. The summed E-state index contributed by atoms with van der Waals surface area (Å²) in [4.78, 5) is 11.9. The fourth-order valence-electron chi connectivity index (χ4n) is 2.85. The monoisotopic (exact) mass is 314 g/mol. The minimum absolute atomic E-state index is 0.156. The van der Waals surface area contributed by atoms with Crippen LogP contribution in [0, 0.1) is 5.92 Å². The van der Waals surface area contributed by atoms with Crippen molar-refractivity contribution in [2.75, 3.05) is 19.7 Å². The summed E-state index contributed by atoms with van der Waals surface area (Å²) in [6.45, 7) is 14.4. The predicted octanol–water partition coefficient (Wildman–Crippen LogP) is 3.08. The Hall–Kier alpha value is -0.810. The van der Waals surface area contributed by atoms with E-state index < -0.39 is 5.60 Å². The topological polar surface area (TPSA) is 59.6 Å². The van der Waals surface area contributed by atoms with Crippen LogP contribution in [-0.2, 0) is 9.47 Å². The smallest absolute Gasteiger partial charge is 0.407 e. The van der Waals surface area contributed by atoms with Crippen molar-refractivity contribution < 1.29 is 14.3 Å². The number of amides is 1. The molecule has 0 aromatic heterocycles. The number of ether oxygens (including phenoxy) is 2. The van der Waals surface area contributed by atoms with Gasteiger partial charge in [0.05, 0.1) is 6.10 Å². The third-order valence-corrected chi connectivity index (χ3v) is 3.66. The normalized spacial score (nSPS) is 21.7. The summed E-state index contributed by atoms with van der Waals surface area (Å²) in [5, 5.41) is 6.49. The van der Waals surface area contributed by atoms with Gasteiger partial charge in [-0.2, -0.15) is 0 Å². The minimum atomic E-state index is -0.469. The van der Waals surface area contributed by atoms with Crippen molar-refractivity contribution in [1.29, 1.82) is 0 Å². The molecular weight excluding hydrogens is 280 g/mol. The molecule has 2 N–H and O–H groups in total. The number of rotatable bonds is 7. The van der Waals surface area contributed by atoms with E-state index in [0.717, 1.165) is 32.4 Å². The highest BCUT2D eigenvalue weighted by atomic mass is 16.6. The Labute approximate surface area is 135 Å². The zero-order chi connectivity index (χ0) is 16.8. The highest BCUT2D eigenvalue weighted by molar-refractivity contribution is 5.67. The molecule has 5 nitrogen and oxygen atoms in total. The molecule has 0 saturated carbocycles. The van der Waals surface area contributed by atoms with Crippen LogP contribution in [0.15, 0.2) is 0 Å². The van der Waals surface area contributed by atoms with E-state index in [4.69, 9.17) is 9.47 Å². The standard InChI is InChI=1S/C17H34N2O3/c1-13(2)10-17(6,19-11-14-8-7-9-21-14)12-18-15(20)22-16(3,4)5/h13-14,19H,7-12H2,1-6H3,(H,18,20). The highest BCUT2D eigenvalue weighted by Crippen LogP contribution is 2.18. The molecule has 1 heterocycles. The first-order valence-electron chi connectivity index (χ1n) is 8.43. The van der Waals surface area contributed by atoms with Gasteiger partial charge in [-0.05, 0) is 52.9 Å². The average Bonchev–Trinajstić information content (AvgIpc) is 2.84. The van der Waals surface area contributed by atoms with Gasteiger partial charge in [0.15, 0.2) is 0 Å². The molecule has 0 radical (unpaired) electrons. The molecule has 0 spiro atoms. The third-order valence-electron chi connectivity index (χ3n) is 3.66. The summed E-state index contributed by atoms with van der Waals surface area (Å²) in [5.41, 5.74) is -0.624. The van der Waals surface area contributed by atoms with Gasteiger partial charge in [-0.15, -0.1) is 0 Å². The molecule has 0 bridgehead atoms. The SMILES string of the molecule is CC(C)CC(C)(CNC(=O)OC(C)(C)C)NCC1CCCO1. The zero-order valence-electron chi connectivity index (χ0n) is 15.1.